The summed E-state index contributed by atoms with van der Waals surface area (Å²) in [6, 6.07) is 17.5. The van der Waals surface area contributed by atoms with E-state index in [9.17, 15) is 10.1 Å². The summed E-state index contributed by atoms with van der Waals surface area (Å²) in [5.74, 6) is 0.00505. The quantitative estimate of drug-likeness (QED) is 0.727. The third-order valence-electron chi connectivity index (χ3n) is 4.38. The van der Waals surface area contributed by atoms with Gasteiger partial charge in [0.15, 0.2) is 0 Å². The van der Waals surface area contributed by atoms with Gasteiger partial charge < -0.3 is 10.5 Å². The molecule has 0 unspecified atom stereocenters. The molecule has 1 aromatic heterocycles. The molecule has 3 aromatic rings. The molecule has 0 fully saturated rings. The number of hydrogen-bond acceptors (Lipinski definition) is 5. The van der Waals surface area contributed by atoms with E-state index in [0.717, 1.165) is 32.5 Å². The molecule has 0 amide bonds. The molecule has 4 rings (SSSR count). The molecule has 0 bridgehead atoms. The Labute approximate surface area is 148 Å². The summed E-state index contributed by atoms with van der Waals surface area (Å²) in [6.07, 6.45) is 0. The van der Waals surface area contributed by atoms with E-state index in [2.05, 4.69) is 6.07 Å². The van der Waals surface area contributed by atoms with Gasteiger partial charge >= 0.3 is 0 Å². The molecule has 2 aromatic carbocycles. The van der Waals surface area contributed by atoms with Crippen LogP contribution in [0.4, 0.5) is 0 Å². The Hall–Kier alpha value is -3.10. The van der Waals surface area contributed by atoms with Gasteiger partial charge in [0.05, 0.1) is 11.5 Å². The molecule has 4 nitrogen and oxygen atoms in total. The number of hydrogen-bond donors (Lipinski definition) is 1. The first-order chi connectivity index (χ1) is 12.1. The topological polar surface area (TPSA) is 76.1 Å². The van der Waals surface area contributed by atoms with Crippen molar-refractivity contribution in [2.24, 2.45) is 5.73 Å². The van der Waals surface area contributed by atoms with Crippen LogP contribution in [0.25, 0.3) is 10.1 Å². The molecule has 1 aliphatic heterocycles. The second kappa shape index (κ2) is 5.76. The van der Waals surface area contributed by atoms with Gasteiger partial charge in [-0.05, 0) is 24.6 Å². The van der Waals surface area contributed by atoms with Gasteiger partial charge in [0.1, 0.15) is 17.4 Å². The molecule has 0 saturated carbocycles. The number of aryl methyl sites for hydroxylation is 1. The molecular weight excluding hydrogens is 332 g/mol. The van der Waals surface area contributed by atoms with Gasteiger partial charge in [0, 0.05) is 10.1 Å². The van der Waals surface area contributed by atoms with E-state index in [4.69, 9.17) is 10.5 Å². The Balaban J connectivity index is 2.08. The van der Waals surface area contributed by atoms with Crippen molar-refractivity contribution in [1.29, 1.82) is 5.26 Å². The third-order valence-corrected chi connectivity index (χ3v) is 5.37. The minimum Gasteiger partial charge on any atom is -0.439 e. The van der Waals surface area contributed by atoms with E-state index in [0.29, 0.717) is 11.3 Å². The zero-order valence-corrected chi connectivity index (χ0v) is 14.3. The van der Waals surface area contributed by atoms with Gasteiger partial charge in [-0.1, -0.05) is 53.3 Å². The van der Waals surface area contributed by atoms with Crippen LogP contribution in [0.5, 0.6) is 5.75 Å². The number of allylic oxidation sites excluding steroid dienone is 1. The number of rotatable bonds is 1. The van der Waals surface area contributed by atoms with E-state index in [-0.39, 0.29) is 16.2 Å². The molecule has 0 radical (unpaired) electrons. The second-order valence-corrected chi connectivity index (χ2v) is 6.98. The van der Waals surface area contributed by atoms with Crippen LogP contribution in [0.15, 0.2) is 64.8 Å². The Bertz CT molecular complexity index is 1120. The summed E-state index contributed by atoms with van der Waals surface area (Å²) >= 11 is 1.16. The summed E-state index contributed by atoms with van der Waals surface area (Å²) in [5, 5.41) is 10.4. The minimum absolute atomic E-state index is 0.0568. The number of nitriles is 1. The van der Waals surface area contributed by atoms with E-state index < -0.39 is 5.92 Å². The third kappa shape index (κ3) is 2.39. The molecule has 1 aliphatic rings. The highest BCUT2D eigenvalue weighted by molar-refractivity contribution is 7.16. The Morgan fingerprint density at radius 3 is 2.60 bits per heavy atom. The second-order valence-electron chi connectivity index (χ2n) is 5.96. The maximum atomic E-state index is 12.9. The fourth-order valence-electron chi connectivity index (χ4n) is 3.16. The smallest absolute Gasteiger partial charge is 0.240 e. The first kappa shape index (κ1) is 15.4. The van der Waals surface area contributed by atoms with E-state index in [1.807, 2.05) is 55.5 Å². The predicted octanol–water partition coefficient (Wildman–Crippen LogP) is 3.79. The maximum Gasteiger partial charge on any atom is 0.240 e. The molecule has 122 valence electrons. The van der Waals surface area contributed by atoms with Crippen molar-refractivity contribution in [3.05, 3.63) is 86.2 Å². The van der Waals surface area contributed by atoms with Crippen LogP contribution in [-0.4, -0.2) is 0 Å². The van der Waals surface area contributed by atoms with Crippen LogP contribution >= 0.6 is 11.3 Å². The first-order valence-corrected chi connectivity index (χ1v) is 8.61. The Kier molecular flexibility index (Phi) is 3.56. The van der Waals surface area contributed by atoms with Crippen LogP contribution in [0.2, 0.25) is 0 Å². The van der Waals surface area contributed by atoms with Gasteiger partial charge in [-0.15, -0.1) is 0 Å². The lowest BCUT2D eigenvalue weighted by Gasteiger charge is -2.26. The minimum atomic E-state index is -0.511. The summed E-state index contributed by atoms with van der Waals surface area (Å²) in [6.45, 7) is 1.99. The summed E-state index contributed by atoms with van der Waals surface area (Å²) < 4.78 is 6.47. The average Bonchev–Trinajstić information content (AvgIpc) is 2.61. The van der Waals surface area contributed by atoms with E-state index in [1.165, 1.54) is 0 Å². The van der Waals surface area contributed by atoms with Crippen molar-refractivity contribution < 1.29 is 4.74 Å². The summed E-state index contributed by atoms with van der Waals surface area (Å²) in [5.41, 5.74) is 8.76. The number of nitrogens with zero attached hydrogens (tertiary/aromatic N) is 1. The van der Waals surface area contributed by atoms with Crippen molar-refractivity contribution in [2.75, 3.05) is 0 Å². The first-order valence-electron chi connectivity index (χ1n) is 7.80. The molecule has 2 N–H and O–H groups in total. The van der Waals surface area contributed by atoms with Crippen LogP contribution in [0, 0.1) is 18.3 Å². The van der Waals surface area contributed by atoms with Gasteiger partial charge in [0.2, 0.25) is 10.6 Å². The zero-order chi connectivity index (χ0) is 17.6. The molecule has 1 atom stereocenters. The van der Waals surface area contributed by atoms with Crippen LogP contribution < -0.4 is 15.2 Å². The highest BCUT2D eigenvalue weighted by Crippen LogP contribution is 2.44. The lowest BCUT2D eigenvalue weighted by molar-refractivity contribution is 0.398. The van der Waals surface area contributed by atoms with Crippen molar-refractivity contribution >= 4 is 21.4 Å². The van der Waals surface area contributed by atoms with Crippen LogP contribution in [0.3, 0.4) is 0 Å². The number of nitrogens with two attached hydrogens (primary N) is 1. The van der Waals surface area contributed by atoms with E-state index in [1.54, 1.807) is 0 Å². The molecular formula is C20H14N2O2S. The monoisotopic (exact) mass is 346 g/mol. The Morgan fingerprint density at radius 1 is 1.16 bits per heavy atom. The Morgan fingerprint density at radius 2 is 1.88 bits per heavy atom. The molecule has 5 heteroatoms. The van der Waals surface area contributed by atoms with Gasteiger partial charge in [-0.2, -0.15) is 5.26 Å². The highest BCUT2D eigenvalue weighted by atomic mass is 32.1. The van der Waals surface area contributed by atoms with Crippen molar-refractivity contribution in [3.63, 3.8) is 0 Å². The largest absolute Gasteiger partial charge is 0.439 e. The normalized spacial score (nSPS) is 16.2. The van der Waals surface area contributed by atoms with E-state index >= 15 is 0 Å². The van der Waals surface area contributed by atoms with Crippen molar-refractivity contribution in [3.8, 4) is 11.8 Å². The summed E-state index contributed by atoms with van der Waals surface area (Å²) in [4.78, 5) is 12.9. The molecule has 25 heavy (non-hydrogen) atoms. The number of benzene rings is 2. The number of fused-ring (bicyclic) bond motifs is 3. The van der Waals surface area contributed by atoms with Gasteiger partial charge in [-0.25, -0.2) is 0 Å². The van der Waals surface area contributed by atoms with Crippen LogP contribution in [0.1, 0.15) is 22.6 Å². The van der Waals surface area contributed by atoms with Crippen LogP contribution in [-0.2, 0) is 0 Å². The van der Waals surface area contributed by atoms with Crippen molar-refractivity contribution in [1.82, 2.24) is 0 Å². The maximum absolute atomic E-state index is 12.9. The van der Waals surface area contributed by atoms with Crippen molar-refractivity contribution in [2.45, 2.75) is 12.8 Å². The lowest BCUT2D eigenvalue weighted by atomic mass is 9.84. The molecule has 0 aliphatic carbocycles. The molecule has 0 spiro atoms. The highest BCUT2D eigenvalue weighted by Gasteiger charge is 2.34. The standard InChI is InChI=1S/C20H14N2O2S/c1-11-6-8-12(9-7-11)16-14(10-21)19(22)24-18-13-4-2-3-5-15(13)25-20(23)17(16)18/h2-9,16H,22H2,1H3/t16-/m0/s1. The SMILES string of the molecule is Cc1ccc([C@H]2C(C#N)=C(N)Oc3c2c(=O)sc2ccccc32)cc1. The molecule has 2 heterocycles. The number of ether oxygens (including phenoxy) is 1. The predicted molar refractivity (Wildman–Crippen MR) is 98.6 cm³/mol. The van der Waals surface area contributed by atoms with Gasteiger partial charge in [-0.3, -0.25) is 4.79 Å². The van der Waals surface area contributed by atoms with Gasteiger partial charge in [0.25, 0.3) is 0 Å². The lowest BCUT2D eigenvalue weighted by Crippen LogP contribution is -2.25. The zero-order valence-electron chi connectivity index (χ0n) is 13.4. The fraction of sp³-hybridized carbons (Fsp3) is 0.100. The fourth-order valence-corrected chi connectivity index (χ4v) is 4.10. The molecule has 0 saturated heterocycles. The summed E-state index contributed by atoms with van der Waals surface area (Å²) in [7, 11) is 0. The average molecular weight is 346 g/mol.